The number of nitrogens with two attached hydrogens (primary N) is 1. The van der Waals surface area contributed by atoms with Crippen LogP contribution in [-0.4, -0.2) is 55.0 Å². The van der Waals surface area contributed by atoms with Crippen molar-refractivity contribution in [1.29, 1.82) is 0 Å². The van der Waals surface area contributed by atoms with Crippen molar-refractivity contribution in [3.05, 3.63) is 0 Å². The maximum atomic E-state index is 11.8. The molecule has 0 aromatic carbocycles. The molecular formula is C11H23N3O. The van der Waals surface area contributed by atoms with Crippen LogP contribution in [-0.2, 0) is 4.79 Å². The number of carbonyl (C=O) groups is 1. The quantitative estimate of drug-likeness (QED) is 0.722. The van der Waals surface area contributed by atoms with Crippen LogP contribution in [0, 0.1) is 5.92 Å². The highest BCUT2D eigenvalue weighted by Gasteiger charge is 2.31. The zero-order valence-electron chi connectivity index (χ0n) is 10.1. The van der Waals surface area contributed by atoms with Crippen LogP contribution in [0.2, 0.25) is 0 Å². The van der Waals surface area contributed by atoms with Crippen LogP contribution in [0.4, 0.5) is 0 Å². The third-order valence-electron chi connectivity index (χ3n) is 3.04. The van der Waals surface area contributed by atoms with Gasteiger partial charge in [0.05, 0.1) is 0 Å². The fraction of sp³-hybridized carbons (Fsp3) is 0.909. The lowest BCUT2D eigenvalue weighted by atomic mass is 10.1. The van der Waals surface area contributed by atoms with Crippen LogP contribution < -0.4 is 5.73 Å². The van der Waals surface area contributed by atoms with Crippen molar-refractivity contribution < 1.29 is 4.79 Å². The topological polar surface area (TPSA) is 49.6 Å². The lowest BCUT2D eigenvalue weighted by Crippen LogP contribution is -2.58. The molecule has 1 saturated heterocycles. The average molecular weight is 213 g/mol. The minimum atomic E-state index is -0.0949. The van der Waals surface area contributed by atoms with E-state index in [1.165, 1.54) is 0 Å². The van der Waals surface area contributed by atoms with Gasteiger partial charge in [0.2, 0.25) is 5.91 Å². The molecule has 0 aromatic heterocycles. The first kappa shape index (κ1) is 12.5. The first-order chi connectivity index (χ1) is 7.06. The van der Waals surface area contributed by atoms with Crippen molar-refractivity contribution in [2.45, 2.75) is 26.3 Å². The van der Waals surface area contributed by atoms with E-state index < -0.39 is 0 Å². The van der Waals surface area contributed by atoms with E-state index >= 15 is 0 Å². The van der Waals surface area contributed by atoms with Gasteiger partial charge in [-0.05, 0) is 18.9 Å². The lowest BCUT2D eigenvalue weighted by Gasteiger charge is -2.38. The number of hydrogen-bond acceptors (Lipinski definition) is 3. The van der Waals surface area contributed by atoms with Crippen LogP contribution in [0.5, 0.6) is 0 Å². The maximum absolute atomic E-state index is 11.8. The lowest BCUT2D eigenvalue weighted by molar-refractivity contribution is -0.139. The standard InChI is InChI=1S/C11H23N3O/c1-9(2)4-5-14-7-6-13(3)11(15)10(14)8-12/h9-10H,4-8,12H2,1-3H3. The van der Waals surface area contributed by atoms with Gasteiger partial charge in [-0.3, -0.25) is 9.69 Å². The second kappa shape index (κ2) is 5.47. The second-order valence-corrected chi connectivity index (χ2v) is 4.73. The van der Waals surface area contributed by atoms with E-state index in [1.807, 2.05) is 7.05 Å². The molecule has 0 spiro atoms. The Hall–Kier alpha value is -0.610. The third-order valence-corrected chi connectivity index (χ3v) is 3.04. The average Bonchev–Trinajstić information content (AvgIpc) is 2.19. The summed E-state index contributed by atoms with van der Waals surface area (Å²) in [5.74, 6) is 0.852. The smallest absolute Gasteiger partial charge is 0.241 e. The van der Waals surface area contributed by atoms with E-state index in [-0.39, 0.29) is 11.9 Å². The van der Waals surface area contributed by atoms with E-state index in [4.69, 9.17) is 5.73 Å². The van der Waals surface area contributed by atoms with E-state index in [0.29, 0.717) is 12.5 Å². The van der Waals surface area contributed by atoms with Crippen molar-refractivity contribution in [3.8, 4) is 0 Å². The zero-order valence-corrected chi connectivity index (χ0v) is 10.1. The molecule has 1 rings (SSSR count). The molecule has 4 nitrogen and oxygen atoms in total. The number of hydrogen-bond donors (Lipinski definition) is 1. The number of rotatable bonds is 4. The van der Waals surface area contributed by atoms with E-state index in [1.54, 1.807) is 4.90 Å². The summed E-state index contributed by atoms with van der Waals surface area (Å²) in [4.78, 5) is 15.8. The Morgan fingerprint density at radius 1 is 1.47 bits per heavy atom. The van der Waals surface area contributed by atoms with Crippen LogP contribution in [0.25, 0.3) is 0 Å². The molecule has 1 aliphatic rings. The molecule has 1 aliphatic heterocycles. The molecule has 1 amide bonds. The molecule has 0 radical (unpaired) electrons. The summed E-state index contributed by atoms with van der Waals surface area (Å²) < 4.78 is 0. The Balaban J connectivity index is 2.52. The van der Waals surface area contributed by atoms with Crippen molar-refractivity contribution >= 4 is 5.91 Å². The van der Waals surface area contributed by atoms with Gasteiger partial charge < -0.3 is 10.6 Å². The molecule has 0 bridgehead atoms. The molecule has 88 valence electrons. The van der Waals surface area contributed by atoms with Crippen LogP contribution in [0.15, 0.2) is 0 Å². The zero-order chi connectivity index (χ0) is 11.4. The van der Waals surface area contributed by atoms with E-state index in [0.717, 1.165) is 26.1 Å². The minimum absolute atomic E-state index is 0.0949. The van der Waals surface area contributed by atoms with Crippen LogP contribution in [0.1, 0.15) is 20.3 Å². The Bertz CT molecular complexity index is 218. The fourth-order valence-electron chi connectivity index (χ4n) is 1.90. The van der Waals surface area contributed by atoms with Crippen molar-refractivity contribution in [2.24, 2.45) is 11.7 Å². The largest absolute Gasteiger partial charge is 0.343 e. The molecule has 0 saturated carbocycles. The number of amides is 1. The Kier molecular flexibility index (Phi) is 4.54. The van der Waals surface area contributed by atoms with Gasteiger partial charge in [-0.1, -0.05) is 13.8 Å². The van der Waals surface area contributed by atoms with Crippen molar-refractivity contribution in [3.63, 3.8) is 0 Å². The molecular weight excluding hydrogens is 190 g/mol. The SMILES string of the molecule is CC(C)CCN1CCN(C)C(=O)C1CN. The normalized spacial score (nSPS) is 23.9. The second-order valence-electron chi connectivity index (χ2n) is 4.73. The van der Waals surface area contributed by atoms with Crippen molar-refractivity contribution in [2.75, 3.05) is 33.2 Å². The molecule has 2 N–H and O–H groups in total. The number of carbonyl (C=O) groups excluding carboxylic acids is 1. The Morgan fingerprint density at radius 2 is 2.13 bits per heavy atom. The molecule has 4 heteroatoms. The molecule has 0 aliphatic carbocycles. The number of piperazine rings is 1. The summed E-state index contributed by atoms with van der Waals surface area (Å²) in [6, 6.07) is -0.0949. The van der Waals surface area contributed by atoms with Gasteiger partial charge in [-0.2, -0.15) is 0 Å². The number of likely N-dealkylation sites (N-methyl/N-ethyl adjacent to an activating group) is 1. The first-order valence-electron chi connectivity index (χ1n) is 5.75. The highest BCUT2D eigenvalue weighted by atomic mass is 16.2. The van der Waals surface area contributed by atoms with Gasteiger partial charge in [0, 0.05) is 26.7 Å². The molecule has 1 unspecified atom stereocenters. The van der Waals surface area contributed by atoms with Gasteiger partial charge in [-0.25, -0.2) is 0 Å². The fourth-order valence-corrected chi connectivity index (χ4v) is 1.90. The number of nitrogens with zero attached hydrogens (tertiary/aromatic N) is 2. The predicted molar refractivity (Wildman–Crippen MR) is 61.5 cm³/mol. The van der Waals surface area contributed by atoms with Gasteiger partial charge in [0.15, 0.2) is 0 Å². The Morgan fingerprint density at radius 3 is 2.67 bits per heavy atom. The van der Waals surface area contributed by atoms with Gasteiger partial charge >= 0.3 is 0 Å². The van der Waals surface area contributed by atoms with Crippen molar-refractivity contribution in [1.82, 2.24) is 9.80 Å². The Labute approximate surface area is 92.4 Å². The maximum Gasteiger partial charge on any atom is 0.241 e. The minimum Gasteiger partial charge on any atom is -0.343 e. The van der Waals surface area contributed by atoms with Crippen LogP contribution >= 0.6 is 0 Å². The summed E-state index contributed by atoms with van der Waals surface area (Å²) >= 11 is 0. The monoisotopic (exact) mass is 213 g/mol. The summed E-state index contributed by atoms with van der Waals surface area (Å²) in [7, 11) is 1.85. The summed E-state index contributed by atoms with van der Waals surface area (Å²) in [6.07, 6.45) is 1.13. The predicted octanol–water partition coefficient (Wildman–Crippen LogP) is 0.134. The first-order valence-corrected chi connectivity index (χ1v) is 5.75. The highest BCUT2D eigenvalue weighted by molar-refractivity contribution is 5.82. The molecule has 1 atom stereocenters. The van der Waals surface area contributed by atoms with Gasteiger partial charge in [-0.15, -0.1) is 0 Å². The van der Waals surface area contributed by atoms with Gasteiger partial charge in [0.1, 0.15) is 6.04 Å². The summed E-state index contributed by atoms with van der Waals surface area (Å²) in [6.45, 7) is 7.61. The van der Waals surface area contributed by atoms with E-state index in [9.17, 15) is 4.79 Å². The molecule has 1 heterocycles. The van der Waals surface area contributed by atoms with Crippen LogP contribution in [0.3, 0.4) is 0 Å². The summed E-state index contributed by atoms with van der Waals surface area (Å²) in [5.41, 5.74) is 5.66. The third kappa shape index (κ3) is 3.18. The molecule has 0 aromatic rings. The summed E-state index contributed by atoms with van der Waals surface area (Å²) in [5, 5.41) is 0. The molecule has 1 fully saturated rings. The molecule has 15 heavy (non-hydrogen) atoms. The highest BCUT2D eigenvalue weighted by Crippen LogP contribution is 2.11. The van der Waals surface area contributed by atoms with Gasteiger partial charge in [0.25, 0.3) is 0 Å². The van der Waals surface area contributed by atoms with E-state index in [2.05, 4.69) is 18.7 Å².